The Morgan fingerprint density at radius 1 is 1.50 bits per heavy atom. The van der Waals surface area contributed by atoms with E-state index in [4.69, 9.17) is 5.73 Å². The Labute approximate surface area is 88.7 Å². The maximum Gasteiger partial charge on any atom is 0.0575 e. The molecule has 12 heavy (non-hydrogen) atoms. The normalized spacial score (nSPS) is 10.8. The van der Waals surface area contributed by atoms with Crippen LogP contribution >= 0.6 is 33.9 Å². The average Bonchev–Trinajstić information content (AvgIpc) is 2.48. The zero-order chi connectivity index (χ0) is 8.72. The highest BCUT2D eigenvalue weighted by molar-refractivity contribution is 14.1. The second-order valence-electron chi connectivity index (χ2n) is 2.74. The van der Waals surface area contributed by atoms with Crippen LogP contribution in [0.5, 0.6) is 0 Å². The van der Waals surface area contributed by atoms with Crippen LogP contribution in [0.3, 0.4) is 0 Å². The van der Waals surface area contributed by atoms with Gasteiger partial charge in [-0.2, -0.15) is 0 Å². The summed E-state index contributed by atoms with van der Waals surface area (Å²) in [6.45, 7) is 2.14. The molecule has 0 amide bonds. The lowest BCUT2D eigenvalue weighted by Gasteiger charge is -2.02. The van der Waals surface area contributed by atoms with E-state index in [2.05, 4.69) is 41.0 Å². The summed E-state index contributed by atoms with van der Waals surface area (Å²) < 4.78 is 2.46. The number of aryl methyl sites for hydroxylation is 1. The molecule has 0 aliphatic heterocycles. The molecule has 3 heteroatoms. The van der Waals surface area contributed by atoms with Crippen LogP contribution in [0, 0.1) is 10.5 Å². The zero-order valence-corrected chi connectivity index (χ0v) is 9.57. The molecule has 1 aromatic heterocycles. The van der Waals surface area contributed by atoms with Crippen LogP contribution in [0.2, 0.25) is 0 Å². The van der Waals surface area contributed by atoms with E-state index < -0.39 is 0 Å². The summed E-state index contributed by atoms with van der Waals surface area (Å²) in [4.78, 5) is 0. The molecule has 0 atom stereocenters. The van der Waals surface area contributed by atoms with E-state index in [-0.39, 0.29) is 0 Å². The van der Waals surface area contributed by atoms with Gasteiger partial charge in [-0.3, -0.25) is 0 Å². The first-order valence-corrected chi connectivity index (χ1v) is 5.58. The molecule has 1 nitrogen and oxygen atoms in total. The Morgan fingerprint density at radius 2 is 2.25 bits per heavy atom. The van der Waals surface area contributed by atoms with Crippen LogP contribution in [0.25, 0.3) is 10.1 Å². The van der Waals surface area contributed by atoms with Crippen molar-refractivity contribution < 1.29 is 0 Å². The van der Waals surface area contributed by atoms with Gasteiger partial charge in [0.25, 0.3) is 0 Å². The minimum atomic E-state index is 0.898. The second kappa shape index (κ2) is 2.88. The maximum atomic E-state index is 5.88. The predicted octanol–water partition coefficient (Wildman–Crippen LogP) is 3.40. The van der Waals surface area contributed by atoms with Crippen molar-refractivity contribution in [2.75, 3.05) is 5.73 Å². The van der Waals surface area contributed by atoms with Crippen LogP contribution in [0.15, 0.2) is 17.5 Å². The molecular formula is C9H8INS. The van der Waals surface area contributed by atoms with Gasteiger partial charge >= 0.3 is 0 Å². The van der Waals surface area contributed by atoms with Crippen LogP contribution in [-0.2, 0) is 0 Å². The topological polar surface area (TPSA) is 26.0 Å². The Kier molecular flexibility index (Phi) is 2.00. The number of nitrogens with two attached hydrogens (primary N) is 1. The minimum Gasteiger partial charge on any atom is -0.398 e. The Bertz CT molecular complexity index is 433. The van der Waals surface area contributed by atoms with Gasteiger partial charge in [0.2, 0.25) is 0 Å². The minimum absolute atomic E-state index is 0.898. The average molecular weight is 289 g/mol. The largest absolute Gasteiger partial charge is 0.398 e. The molecular weight excluding hydrogens is 281 g/mol. The highest BCUT2D eigenvalue weighted by atomic mass is 127. The van der Waals surface area contributed by atoms with E-state index >= 15 is 0 Å². The van der Waals surface area contributed by atoms with E-state index in [0.717, 1.165) is 5.69 Å². The van der Waals surface area contributed by atoms with Crippen molar-refractivity contribution in [3.8, 4) is 0 Å². The van der Waals surface area contributed by atoms with Gasteiger partial charge in [-0.1, -0.05) is 0 Å². The molecule has 0 spiro atoms. The molecule has 2 rings (SSSR count). The van der Waals surface area contributed by atoms with Crippen LogP contribution < -0.4 is 5.73 Å². The predicted molar refractivity (Wildman–Crippen MR) is 63.7 cm³/mol. The van der Waals surface area contributed by atoms with E-state index in [1.165, 1.54) is 19.2 Å². The lowest BCUT2D eigenvalue weighted by atomic mass is 10.1. The van der Waals surface area contributed by atoms with E-state index in [9.17, 15) is 0 Å². The summed E-state index contributed by atoms with van der Waals surface area (Å²) in [6.07, 6.45) is 0. The van der Waals surface area contributed by atoms with Crippen molar-refractivity contribution in [1.82, 2.24) is 0 Å². The zero-order valence-electron chi connectivity index (χ0n) is 6.60. The van der Waals surface area contributed by atoms with Crippen molar-refractivity contribution in [1.29, 1.82) is 0 Å². The molecule has 0 bridgehead atoms. The van der Waals surface area contributed by atoms with Gasteiger partial charge in [-0.15, -0.1) is 11.3 Å². The standard InChI is InChI=1S/C9H8INS/c1-5-6-2-3-12-9(6)8(11)4-7(5)10/h2-4H,11H2,1H3. The molecule has 1 heterocycles. The first-order chi connectivity index (χ1) is 5.70. The number of halogens is 1. The third-order valence-corrected chi connectivity index (χ3v) is 4.06. The second-order valence-corrected chi connectivity index (χ2v) is 4.81. The summed E-state index contributed by atoms with van der Waals surface area (Å²) in [5, 5.41) is 3.38. The van der Waals surface area contributed by atoms with Gasteiger partial charge in [0.1, 0.15) is 0 Å². The summed E-state index contributed by atoms with van der Waals surface area (Å²) in [5.74, 6) is 0. The lowest BCUT2D eigenvalue weighted by Crippen LogP contribution is -1.88. The highest BCUT2D eigenvalue weighted by Gasteiger charge is 2.05. The molecule has 0 aliphatic rings. The Hall–Kier alpha value is -0.290. The maximum absolute atomic E-state index is 5.88. The van der Waals surface area contributed by atoms with E-state index in [1.807, 2.05) is 6.07 Å². The van der Waals surface area contributed by atoms with Gasteiger partial charge < -0.3 is 5.73 Å². The molecule has 1 aromatic carbocycles. The number of anilines is 1. The molecule has 2 aromatic rings. The van der Waals surface area contributed by atoms with E-state index in [1.54, 1.807) is 11.3 Å². The fraction of sp³-hybridized carbons (Fsp3) is 0.111. The van der Waals surface area contributed by atoms with Crippen LogP contribution in [0.1, 0.15) is 5.56 Å². The summed E-state index contributed by atoms with van der Waals surface area (Å²) in [7, 11) is 0. The van der Waals surface area contributed by atoms with Crippen molar-refractivity contribution in [3.63, 3.8) is 0 Å². The third-order valence-electron chi connectivity index (χ3n) is 1.97. The Morgan fingerprint density at radius 3 is 3.00 bits per heavy atom. The van der Waals surface area contributed by atoms with Crippen LogP contribution in [0.4, 0.5) is 5.69 Å². The molecule has 2 N–H and O–H groups in total. The fourth-order valence-corrected chi connectivity index (χ4v) is 2.78. The molecule has 0 radical (unpaired) electrons. The molecule has 0 saturated heterocycles. The van der Waals surface area contributed by atoms with Gasteiger partial charge in [-0.05, 0) is 58.0 Å². The number of hydrogen-bond acceptors (Lipinski definition) is 2. The third kappa shape index (κ3) is 1.11. The van der Waals surface area contributed by atoms with Gasteiger partial charge in [-0.25, -0.2) is 0 Å². The van der Waals surface area contributed by atoms with E-state index in [0.29, 0.717) is 0 Å². The first-order valence-electron chi connectivity index (χ1n) is 3.62. The number of fused-ring (bicyclic) bond motifs is 1. The number of hydrogen-bond donors (Lipinski definition) is 1. The molecule has 0 aliphatic carbocycles. The number of nitrogen functional groups attached to an aromatic ring is 1. The fourth-order valence-electron chi connectivity index (χ4n) is 1.27. The van der Waals surface area contributed by atoms with Crippen molar-refractivity contribution >= 4 is 49.7 Å². The lowest BCUT2D eigenvalue weighted by molar-refractivity contribution is 1.50. The first kappa shape index (κ1) is 8.31. The quantitative estimate of drug-likeness (QED) is 0.584. The number of rotatable bonds is 0. The number of thiophene rings is 1. The summed E-state index contributed by atoms with van der Waals surface area (Å²) in [5.41, 5.74) is 8.11. The monoisotopic (exact) mass is 289 g/mol. The van der Waals surface area contributed by atoms with Crippen molar-refractivity contribution in [2.45, 2.75) is 6.92 Å². The van der Waals surface area contributed by atoms with Crippen LogP contribution in [-0.4, -0.2) is 0 Å². The molecule has 0 fully saturated rings. The van der Waals surface area contributed by atoms with Gasteiger partial charge in [0.05, 0.1) is 10.4 Å². The van der Waals surface area contributed by atoms with Gasteiger partial charge in [0, 0.05) is 3.57 Å². The summed E-state index contributed by atoms with van der Waals surface area (Å²) >= 11 is 4.03. The summed E-state index contributed by atoms with van der Waals surface area (Å²) in [6, 6.07) is 4.17. The SMILES string of the molecule is Cc1c(I)cc(N)c2sccc12. The molecule has 0 unspecified atom stereocenters. The Balaban J connectivity index is 2.97. The highest BCUT2D eigenvalue weighted by Crippen LogP contribution is 2.32. The van der Waals surface area contributed by atoms with Crippen molar-refractivity contribution in [2.24, 2.45) is 0 Å². The number of benzene rings is 1. The van der Waals surface area contributed by atoms with Gasteiger partial charge in [0.15, 0.2) is 0 Å². The molecule has 62 valence electrons. The van der Waals surface area contributed by atoms with Crippen molar-refractivity contribution in [3.05, 3.63) is 26.6 Å². The smallest absolute Gasteiger partial charge is 0.0575 e. The molecule has 0 saturated carbocycles.